The largest absolute Gasteiger partial charge is 0.495 e. The first-order valence-corrected chi connectivity index (χ1v) is 16.4. The van der Waals surface area contributed by atoms with Crippen molar-refractivity contribution in [2.75, 3.05) is 57.6 Å². The molecular weight excluding hydrogens is 607 g/mol. The van der Waals surface area contributed by atoms with Crippen LogP contribution in [-0.2, 0) is 11.3 Å². The molecule has 3 N–H and O–H groups in total. The number of piperidine rings is 1. The molecule has 1 aliphatic carbocycles. The zero-order valence-corrected chi connectivity index (χ0v) is 27.4. The van der Waals surface area contributed by atoms with Crippen LogP contribution >= 0.6 is 0 Å². The number of fused-ring (bicyclic) bond motifs is 1. The van der Waals surface area contributed by atoms with Gasteiger partial charge >= 0.3 is 6.18 Å². The van der Waals surface area contributed by atoms with Gasteiger partial charge in [-0.05, 0) is 101 Å². The molecule has 0 unspecified atom stereocenters. The standard InChI is InChI=1S/C36H44F3N5O3/c1-34(43-18-15-35(16-19-43)23-47-24-35)13-11-26(12-14-34)42-29-7-4-8-31-28(29)21-27(44(31)22-36(37,38)39)6-5-17-41-30-10-9-25(33(45)40-2)20-32(30)46-3/h4,7-10,20-21,26,41-42H,11-19,22-24H2,1-3H3,(H,40,45). The Bertz CT molecular complexity index is 1650. The van der Waals surface area contributed by atoms with Crippen molar-refractivity contribution in [1.82, 2.24) is 14.8 Å². The van der Waals surface area contributed by atoms with Crippen LogP contribution in [0, 0.1) is 17.3 Å². The van der Waals surface area contributed by atoms with Crippen molar-refractivity contribution in [2.24, 2.45) is 5.41 Å². The lowest BCUT2D eigenvalue weighted by atomic mass is 9.73. The minimum atomic E-state index is -4.41. The molecule has 1 spiro atoms. The van der Waals surface area contributed by atoms with E-state index in [1.807, 2.05) is 12.1 Å². The van der Waals surface area contributed by atoms with Crippen LogP contribution in [0.25, 0.3) is 10.9 Å². The second-order valence-electron chi connectivity index (χ2n) is 13.5. The monoisotopic (exact) mass is 651 g/mol. The molecule has 1 aromatic heterocycles. The van der Waals surface area contributed by atoms with Crippen molar-refractivity contribution < 1.29 is 27.4 Å². The van der Waals surface area contributed by atoms with Gasteiger partial charge in [0.1, 0.15) is 12.3 Å². The maximum atomic E-state index is 13.8. The molecule has 1 saturated carbocycles. The molecule has 11 heteroatoms. The van der Waals surface area contributed by atoms with Crippen molar-refractivity contribution in [2.45, 2.75) is 69.8 Å². The average molecular weight is 652 g/mol. The Hall–Kier alpha value is -3.88. The molecule has 3 heterocycles. The maximum absolute atomic E-state index is 13.8. The van der Waals surface area contributed by atoms with E-state index in [1.165, 1.54) is 24.5 Å². The number of likely N-dealkylation sites (tertiary alicyclic amines) is 1. The van der Waals surface area contributed by atoms with Crippen LogP contribution in [0.1, 0.15) is 61.5 Å². The molecule has 8 nitrogen and oxygen atoms in total. The smallest absolute Gasteiger partial charge is 0.406 e. The molecular formula is C36H44F3N5O3. The van der Waals surface area contributed by atoms with Crippen LogP contribution in [-0.4, -0.2) is 80.1 Å². The number of nitrogens with zero attached hydrogens (tertiary/aromatic N) is 2. The van der Waals surface area contributed by atoms with Crippen LogP contribution in [0.15, 0.2) is 42.5 Å². The van der Waals surface area contributed by atoms with Gasteiger partial charge in [-0.1, -0.05) is 12.0 Å². The Morgan fingerprint density at radius 1 is 1.06 bits per heavy atom. The van der Waals surface area contributed by atoms with Crippen molar-refractivity contribution in [3.05, 3.63) is 53.7 Å². The number of methoxy groups -OCH3 is 1. The number of anilines is 2. The molecule has 3 fully saturated rings. The molecule has 3 aromatic rings. The van der Waals surface area contributed by atoms with Gasteiger partial charge in [0, 0.05) is 40.7 Å². The number of aromatic nitrogens is 1. The van der Waals surface area contributed by atoms with E-state index < -0.39 is 12.7 Å². The molecule has 3 aliphatic rings. The molecule has 0 atom stereocenters. The summed E-state index contributed by atoms with van der Waals surface area (Å²) in [7, 11) is 3.05. The number of hydrogen-bond acceptors (Lipinski definition) is 6. The summed E-state index contributed by atoms with van der Waals surface area (Å²) in [6, 6.07) is 12.5. The highest BCUT2D eigenvalue weighted by molar-refractivity contribution is 5.95. The fraction of sp³-hybridized carbons (Fsp3) is 0.528. The van der Waals surface area contributed by atoms with Gasteiger partial charge < -0.3 is 30.0 Å². The van der Waals surface area contributed by atoms with Crippen LogP contribution in [0.2, 0.25) is 0 Å². The number of ether oxygens (including phenoxy) is 2. The van der Waals surface area contributed by atoms with Crippen molar-refractivity contribution in [3.63, 3.8) is 0 Å². The Balaban J connectivity index is 1.15. The van der Waals surface area contributed by atoms with Gasteiger partial charge in [-0.2, -0.15) is 13.2 Å². The van der Waals surface area contributed by atoms with E-state index in [2.05, 4.69) is 39.6 Å². The summed E-state index contributed by atoms with van der Waals surface area (Å²) in [5, 5.41) is 10.1. The van der Waals surface area contributed by atoms with E-state index >= 15 is 0 Å². The Labute approximate surface area is 274 Å². The molecule has 2 aromatic carbocycles. The van der Waals surface area contributed by atoms with E-state index in [0.29, 0.717) is 33.6 Å². The number of nitrogens with one attached hydrogen (secondary N) is 3. The maximum Gasteiger partial charge on any atom is 0.406 e. The van der Waals surface area contributed by atoms with E-state index in [0.717, 1.165) is 63.1 Å². The molecule has 0 radical (unpaired) electrons. The summed E-state index contributed by atoms with van der Waals surface area (Å²) in [5.41, 5.74) is 3.30. The second-order valence-corrected chi connectivity index (χ2v) is 13.5. The van der Waals surface area contributed by atoms with Gasteiger partial charge in [-0.15, -0.1) is 0 Å². The number of alkyl halides is 3. The van der Waals surface area contributed by atoms with Gasteiger partial charge in [0.15, 0.2) is 0 Å². The first kappa shape index (κ1) is 33.0. The Morgan fingerprint density at radius 2 is 1.81 bits per heavy atom. The summed E-state index contributed by atoms with van der Waals surface area (Å²) in [4.78, 5) is 14.6. The number of carbonyl (C=O) groups is 1. The van der Waals surface area contributed by atoms with Crippen molar-refractivity contribution in [1.29, 1.82) is 0 Å². The topological polar surface area (TPSA) is 79.8 Å². The normalized spacial score (nSPS) is 22.6. The van der Waals surface area contributed by atoms with E-state index in [-0.39, 0.29) is 24.0 Å². The SMILES string of the molecule is CNC(=O)c1ccc(NCC#Cc2cc3c(NC4CCC(C)(N5CCC6(CC5)COC6)CC4)cccc3n2CC(F)(F)F)c(OC)c1. The summed E-state index contributed by atoms with van der Waals surface area (Å²) < 4.78 is 53.4. The van der Waals surface area contributed by atoms with Crippen molar-refractivity contribution >= 4 is 28.2 Å². The number of amides is 1. The lowest BCUT2D eigenvalue weighted by Gasteiger charge is -2.53. The summed E-state index contributed by atoms with van der Waals surface area (Å²) in [6.07, 6.45) is 2.20. The highest BCUT2D eigenvalue weighted by Gasteiger charge is 2.45. The lowest BCUT2D eigenvalue weighted by Crippen LogP contribution is -2.58. The van der Waals surface area contributed by atoms with E-state index in [4.69, 9.17) is 9.47 Å². The number of hydrogen-bond donors (Lipinski definition) is 3. The Morgan fingerprint density at radius 3 is 2.45 bits per heavy atom. The zero-order chi connectivity index (χ0) is 33.2. The van der Waals surface area contributed by atoms with Gasteiger partial charge in [-0.25, -0.2) is 0 Å². The molecule has 6 rings (SSSR count). The van der Waals surface area contributed by atoms with Gasteiger partial charge in [0.25, 0.3) is 5.91 Å². The molecule has 0 bridgehead atoms. The molecule has 2 saturated heterocycles. The molecule has 47 heavy (non-hydrogen) atoms. The third-order valence-electron chi connectivity index (χ3n) is 10.4. The first-order valence-electron chi connectivity index (χ1n) is 16.4. The average Bonchev–Trinajstić information content (AvgIpc) is 3.39. The third kappa shape index (κ3) is 7.19. The minimum Gasteiger partial charge on any atom is -0.495 e. The van der Waals surface area contributed by atoms with Gasteiger partial charge in [0.2, 0.25) is 0 Å². The summed E-state index contributed by atoms with van der Waals surface area (Å²) >= 11 is 0. The van der Waals surface area contributed by atoms with E-state index in [1.54, 1.807) is 37.4 Å². The number of halogens is 3. The first-order chi connectivity index (χ1) is 22.5. The van der Waals surface area contributed by atoms with Crippen LogP contribution in [0.5, 0.6) is 5.75 Å². The van der Waals surface area contributed by atoms with Crippen LogP contribution < -0.4 is 20.7 Å². The van der Waals surface area contributed by atoms with Gasteiger partial charge in [-0.3, -0.25) is 9.69 Å². The molecule has 1 amide bonds. The predicted octanol–water partition coefficient (Wildman–Crippen LogP) is 6.26. The minimum absolute atomic E-state index is 0.168. The highest BCUT2D eigenvalue weighted by Crippen LogP contribution is 2.43. The third-order valence-corrected chi connectivity index (χ3v) is 10.4. The van der Waals surface area contributed by atoms with Crippen LogP contribution in [0.4, 0.5) is 24.5 Å². The van der Waals surface area contributed by atoms with E-state index in [9.17, 15) is 18.0 Å². The van der Waals surface area contributed by atoms with Crippen molar-refractivity contribution in [3.8, 4) is 17.6 Å². The van der Waals surface area contributed by atoms with Gasteiger partial charge in [0.05, 0.1) is 43.8 Å². The number of benzene rings is 2. The number of carbonyl (C=O) groups excluding carboxylic acids is 1. The fourth-order valence-corrected chi connectivity index (χ4v) is 7.38. The zero-order valence-electron chi connectivity index (χ0n) is 27.4. The fourth-order valence-electron chi connectivity index (χ4n) is 7.38. The Kier molecular flexibility index (Phi) is 9.36. The summed E-state index contributed by atoms with van der Waals surface area (Å²) in [6.45, 7) is 5.51. The van der Waals surface area contributed by atoms with Crippen LogP contribution in [0.3, 0.4) is 0 Å². The number of rotatable bonds is 8. The second kappa shape index (κ2) is 13.3. The quantitative estimate of drug-likeness (QED) is 0.250. The highest BCUT2D eigenvalue weighted by atomic mass is 19.4. The predicted molar refractivity (Wildman–Crippen MR) is 178 cm³/mol. The molecule has 2 aliphatic heterocycles. The summed E-state index contributed by atoms with van der Waals surface area (Å²) in [5.74, 6) is 6.17. The molecule has 252 valence electrons. The lowest BCUT2D eigenvalue weighted by molar-refractivity contribution is -0.149.